The number of aromatic nitrogens is 3. The third-order valence-corrected chi connectivity index (χ3v) is 6.26. The van der Waals surface area contributed by atoms with Crippen LogP contribution >= 0.6 is 0 Å². The predicted octanol–water partition coefficient (Wildman–Crippen LogP) is 0.728. The standard InChI is InChI=1S/C17H27N5O2/c1-15(11-24-12-15)6-22-5-13(18-19-22)14(23)21-9-16(2)7-20(4)8-17(16,3)10-21/h5H,6-12H2,1-4H3. The fourth-order valence-corrected chi connectivity index (χ4v) is 4.72. The molecular formula is C17H27N5O2. The monoisotopic (exact) mass is 333 g/mol. The van der Waals surface area contributed by atoms with Gasteiger partial charge in [-0.1, -0.05) is 26.0 Å². The van der Waals surface area contributed by atoms with Gasteiger partial charge in [0.15, 0.2) is 5.69 Å². The Bertz CT molecular complexity index is 650. The highest BCUT2D eigenvalue weighted by Crippen LogP contribution is 2.51. The van der Waals surface area contributed by atoms with E-state index in [4.69, 9.17) is 4.74 Å². The highest BCUT2D eigenvalue weighted by atomic mass is 16.5. The molecule has 4 heterocycles. The van der Waals surface area contributed by atoms with E-state index in [9.17, 15) is 4.79 Å². The third-order valence-electron chi connectivity index (χ3n) is 6.26. The summed E-state index contributed by atoms with van der Waals surface area (Å²) in [5.74, 6) is 0.00997. The van der Waals surface area contributed by atoms with Gasteiger partial charge < -0.3 is 14.5 Å². The van der Waals surface area contributed by atoms with Crippen molar-refractivity contribution in [2.45, 2.75) is 27.3 Å². The molecule has 0 spiro atoms. The van der Waals surface area contributed by atoms with Gasteiger partial charge >= 0.3 is 0 Å². The molecule has 0 saturated carbocycles. The van der Waals surface area contributed by atoms with Crippen LogP contribution in [-0.4, -0.2) is 77.1 Å². The first-order chi connectivity index (χ1) is 11.2. The Balaban J connectivity index is 1.46. The van der Waals surface area contributed by atoms with Gasteiger partial charge in [0.25, 0.3) is 5.91 Å². The number of likely N-dealkylation sites (tertiary alicyclic amines) is 2. The number of rotatable bonds is 3. The van der Waals surface area contributed by atoms with Crippen LogP contribution in [0.1, 0.15) is 31.3 Å². The van der Waals surface area contributed by atoms with Crippen molar-refractivity contribution in [2.24, 2.45) is 16.2 Å². The van der Waals surface area contributed by atoms with Gasteiger partial charge in [-0.25, -0.2) is 0 Å². The van der Waals surface area contributed by atoms with Crippen LogP contribution in [0.3, 0.4) is 0 Å². The number of ether oxygens (including phenoxy) is 1. The lowest BCUT2D eigenvalue weighted by molar-refractivity contribution is -0.111. The molecule has 24 heavy (non-hydrogen) atoms. The molecule has 0 bridgehead atoms. The van der Waals surface area contributed by atoms with E-state index < -0.39 is 0 Å². The number of nitrogens with zero attached hydrogens (tertiary/aromatic N) is 5. The molecule has 1 aromatic heterocycles. The second kappa shape index (κ2) is 5.02. The molecular weight excluding hydrogens is 306 g/mol. The molecule has 0 radical (unpaired) electrons. The van der Waals surface area contributed by atoms with E-state index in [1.165, 1.54) is 0 Å². The van der Waals surface area contributed by atoms with Crippen molar-refractivity contribution >= 4 is 5.91 Å². The van der Waals surface area contributed by atoms with Crippen LogP contribution in [0.2, 0.25) is 0 Å². The largest absolute Gasteiger partial charge is 0.380 e. The van der Waals surface area contributed by atoms with E-state index >= 15 is 0 Å². The van der Waals surface area contributed by atoms with Gasteiger partial charge in [-0.3, -0.25) is 9.48 Å². The number of hydrogen-bond donors (Lipinski definition) is 0. The Morgan fingerprint density at radius 3 is 2.33 bits per heavy atom. The summed E-state index contributed by atoms with van der Waals surface area (Å²) in [5, 5.41) is 8.28. The first-order valence-electron chi connectivity index (χ1n) is 8.68. The zero-order valence-electron chi connectivity index (χ0n) is 15.1. The Morgan fingerprint density at radius 2 is 1.79 bits per heavy atom. The Kier molecular flexibility index (Phi) is 3.35. The van der Waals surface area contributed by atoms with Crippen LogP contribution in [0.4, 0.5) is 0 Å². The van der Waals surface area contributed by atoms with Gasteiger partial charge in [0, 0.05) is 42.4 Å². The maximum absolute atomic E-state index is 12.9. The molecule has 2 atom stereocenters. The zero-order chi connectivity index (χ0) is 17.2. The molecule has 132 valence electrons. The van der Waals surface area contributed by atoms with E-state index in [2.05, 4.69) is 43.0 Å². The summed E-state index contributed by atoms with van der Waals surface area (Å²) in [4.78, 5) is 17.2. The normalized spacial score (nSPS) is 35.1. The maximum Gasteiger partial charge on any atom is 0.276 e. The molecule has 1 aromatic rings. The fraction of sp³-hybridized carbons (Fsp3) is 0.824. The van der Waals surface area contributed by atoms with Crippen LogP contribution < -0.4 is 0 Å². The lowest BCUT2D eigenvalue weighted by Crippen LogP contribution is -2.43. The SMILES string of the molecule is CN1CC2(C)CN(C(=O)c3cn(CC4(C)COC4)nn3)CC2(C)C1. The number of fused-ring (bicyclic) bond motifs is 1. The molecule has 3 aliphatic rings. The van der Waals surface area contributed by atoms with E-state index in [-0.39, 0.29) is 22.2 Å². The molecule has 0 aromatic carbocycles. The van der Waals surface area contributed by atoms with E-state index in [1.54, 1.807) is 10.9 Å². The molecule has 3 aliphatic heterocycles. The summed E-state index contributed by atoms with van der Waals surface area (Å²) in [5.41, 5.74) is 0.887. The molecule has 7 heteroatoms. The van der Waals surface area contributed by atoms with Gasteiger partial charge in [0.05, 0.1) is 26.0 Å². The summed E-state index contributed by atoms with van der Waals surface area (Å²) in [6.07, 6.45) is 1.79. The number of hydrogen-bond acceptors (Lipinski definition) is 5. The number of carbonyl (C=O) groups is 1. The minimum absolute atomic E-state index is 0.00997. The lowest BCUT2D eigenvalue weighted by Gasteiger charge is -2.37. The smallest absolute Gasteiger partial charge is 0.276 e. The minimum atomic E-state index is 0.00997. The number of carbonyl (C=O) groups excluding carboxylic acids is 1. The first-order valence-corrected chi connectivity index (χ1v) is 8.68. The topological polar surface area (TPSA) is 63.5 Å². The number of amides is 1. The van der Waals surface area contributed by atoms with Gasteiger partial charge in [0.1, 0.15) is 0 Å². The fourth-order valence-electron chi connectivity index (χ4n) is 4.72. The molecule has 3 saturated heterocycles. The molecule has 0 aliphatic carbocycles. The molecule has 2 unspecified atom stereocenters. The average molecular weight is 333 g/mol. The summed E-state index contributed by atoms with van der Waals surface area (Å²) in [6.45, 7) is 12.7. The Hall–Kier alpha value is -1.47. The highest BCUT2D eigenvalue weighted by Gasteiger charge is 2.57. The average Bonchev–Trinajstić information content (AvgIpc) is 3.05. The summed E-state index contributed by atoms with van der Waals surface area (Å²) in [7, 11) is 2.16. The van der Waals surface area contributed by atoms with Crippen LogP contribution in [0.5, 0.6) is 0 Å². The van der Waals surface area contributed by atoms with Crippen molar-refractivity contribution in [1.82, 2.24) is 24.8 Å². The van der Waals surface area contributed by atoms with Crippen molar-refractivity contribution in [3.63, 3.8) is 0 Å². The molecule has 1 amide bonds. The third kappa shape index (κ3) is 2.37. The quantitative estimate of drug-likeness (QED) is 0.816. The zero-order valence-corrected chi connectivity index (χ0v) is 15.1. The van der Waals surface area contributed by atoms with Crippen molar-refractivity contribution in [3.8, 4) is 0 Å². The highest BCUT2D eigenvalue weighted by molar-refractivity contribution is 5.92. The molecule has 3 fully saturated rings. The van der Waals surface area contributed by atoms with Crippen molar-refractivity contribution in [2.75, 3.05) is 46.4 Å². The van der Waals surface area contributed by atoms with Crippen molar-refractivity contribution in [1.29, 1.82) is 0 Å². The van der Waals surface area contributed by atoms with Gasteiger partial charge in [-0.2, -0.15) is 0 Å². The van der Waals surface area contributed by atoms with Crippen LogP contribution in [0.25, 0.3) is 0 Å². The van der Waals surface area contributed by atoms with Gasteiger partial charge in [0.2, 0.25) is 0 Å². The minimum Gasteiger partial charge on any atom is -0.380 e. The molecule has 4 rings (SSSR count). The van der Waals surface area contributed by atoms with Crippen molar-refractivity contribution in [3.05, 3.63) is 11.9 Å². The Labute approximate surface area is 142 Å². The van der Waals surface area contributed by atoms with Crippen molar-refractivity contribution < 1.29 is 9.53 Å². The van der Waals surface area contributed by atoms with Crippen LogP contribution in [-0.2, 0) is 11.3 Å². The van der Waals surface area contributed by atoms with E-state index in [0.29, 0.717) is 5.69 Å². The molecule has 7 nitrogen and oxygen atoms in total. The summed E-state index contributed by atoms with van der Waals surface area (Å²) >= 11 is 0. The first kappa shape index (κ1) is 16.0. The predicted molar refractivity (Wildman–Crippen MR) is 88.6 cm³/mol. The van der Waals surface area contributed by atoms with Gasteiger partial charge in [-0.05, 0) is 7.05 Å². The molecule has 0 N–H and O–H groups in total. The maximum atomic E-state index is 12.9. The Morgan fingerprint density at radius 1 is 1.17 bits per heavy atom. The second-order valence-corrected chi connectivity index (χ2v) is 9.06. The summed E-state index contributed by atoms with van der Waals surface area (Å²) < 4.78 is 7.06. The summed E-state index contributed by atoms with van der Waals surface area (Å²) in [6, 6.07) is 0. The van der Waals surface area contributed by atoms with Gasteiger partial charge in [-0.15, -0.1) is 5.10 Å². The van der Waals surface area contributed by atoms with Crippen LogP contribution in [0, 0.1) is 16.2 Å². The lowest BCUT2D eigenvalue weighted by atomic mass is 9.71. The second-order valence-electron chi connectivity index (χ2n) is 9.06. The van der Waals surface area contributed by atoms with Crippen LogP contribution in [0.15, 0.2) is 6.20 Å². The van der Waals surface area contributed by atoms with E-state index in [1.807, 2.05) is 4.90 Å². The van der Waals surface area contributed by atoms with E-state index in [0.717, 1.165) is 45.9 Å².